The van der Waals surface area contributed by atoms with Crippen LogP contribution >= 0.6 is 0 Å². The molecular formula is C8H10O2. The summed E-state index contributed by atoms with van der Waals surface area (Å²) in [5, 5.41) is 0. The van der Waals surface area contributed by atoms with Gasteiger partial charge in [-0.25, -0.2) is 0 Å². The number of rotatable bonds is 2. The normalized spacial score (nSPS) is 7.20. The van der Waals surface area contributed by atoms with Gasteiger partial charge >= 0.3 is 0 Å². The van der Waals surface area contributed by atoms with Gasteiger partial charge in [-0.3, -0.25) is 0 Å². The molecule has 0 radical (unpaired) electrons. The molecule has 0 atom stereocenters. The minimum atomic E-state index is 0.472. The summed E-state index contributed by atoms with van der Waals surface area (Å²) in [5.41, 5.74) is 0. The van der Waals surface area contributed by atoms with Gasteiger partial charge in [0.2, 0.25) is 0 Å². The summed E-state index contributed by atoms with van der Waals surface area (Å²) < 4.78 is 4.58. The maximum Gasteiger partial charge on any atom is 0.123 e. The summed E-state index contributed by atoms with van der Waals surface area (Å²) in [7, 11) is 0. The van der Waals surface area contributed by atoms with Crippen LogP contribution < -0.4 is 0 Å². The summed E-state index contributed by atoms with van der Waals surface area (Å²) in [5.74, 6) is 0. The predicted octanol–water partition coefficient (Wildman–Crippen LogP) is 2.04. The van der Waals surface area contributed by atoms with E-state index in [4.69, 9.17) is 0 Å². The van der Waals surface area contributed by atoms with Gasteiger partial charge < -0.3 is 9.21 Å². The lowest BCUT2D eigenvalue weighted by atomic mass is 10.5. The van der Waals surface area contributed by atoms with Crippen LogP contribution in [0.25, 0.3) is 0 Å². The Labute approximate surface area is 60.2 Å². The van der Waals surface area contributed by atoms with Crippen molar-refractivity contribution in [3.05, 3.63) is 37.3 Å². The van der Waals surface area contributed by atoms with Crippen LogP contribution in [0.15, 0.2) is 41.7 Å². The molecule has 2 heteroatoms. The molecule has 10 heavy (non-hydrogen) atoms. The van der Waals surface area contributed by atoms with E-state index in [1.807, 2.05) is 12.1 Å². The van der Waals surface area contributed by atoms with Crippen molar-refractivity contribution in [1.82, 2.24) is 0 Å². The smallest absolute Gasteiger partial charge is 0.123 e. The zero-order valence-electron chi connectivity index (χ0n) is 5.69. The summed E-state index contributed by atoms with van der Waals surface area (Å²) in [4.78, 5) is 9.33. The van der Waals surface area contributed by atoms with E-state index in [2.05, 4.69) is 11.0 Å². The van der Waals surface area contributed by atoms with Crippen molar-refractivity contribution >= 4 is 6.29 Å². The first-order valence-electron chi connectivity index (χ1n) is 2.93. The van der Waals surface area contributed by atoms with Crippen molar-refractivity contribution in [2.45, 2.75) is 6.42 Å². The lowest BCUT2D eigenvalue weighted by Crippen LogP contribution is -1.59. The van der Waals surface area contributed by atoms with Gasteiger partial charge in [-0.1, -0.05) is 6.08 Å². The molecule has 1 heterocycles. The molecule has 0 unspecified atom stereocenters. The van der Waals surface area contributed by atoms with Gasteiger partial charge in [0.1, 0.15) is 6.29 Å². The second kappa shape index (κ2) is 7.69. The van der Waals surface area contributed by atoms with Gasteiger partial charge in [0.05, 0.1) is 12.5 Å². The number of carbonyl (C=O) groups excluding carboxylic acids is 1. The van der Waals surface area contributed by atoms with Crippen molar-refractivity contribution in [2.24, 2.45) is 0 Å². The number of hydrogen-bond donors (Lipinski definition) is 0. The van der Waals surface area contributed by atoms with E-state index in [1.54, 1.807) is 18.6 Å². The number of furan rings is 1. The molecule has 0 fully saturated rings. The molecule has 0 aliphatic rings. The Morgan fingerprint density at radius 3 is 2.10 bits per heavy atom. The van der Waals surface area contributed by atoms with Crippen LogP contribution in [0.5, 0.6) is 0 Å². The Morgan fingerprint density at radius 1 is 1.40 bits per heavy atom. The fraction of sp³-hybridized carbons (Fsp3) is 0.125. The van der Waals surface area contributed by atoms with Crippen molar-refractivity contribution < 1.29 is 9.21 Å². The van der Waals surface area contributed by atoms with Gasteiger partial charge in [0.15, 0.2) is 0 Å². The summed E-state index contributed by atoms with van der Waals surface area (Å²) in [6.45, 7) is 3.32. The quantitative estimate of drug-likeness (QED) is 0.462. The lowest BCUT2D eigenvalue weighted by Gasteiger charge is -1.59. The molecule has 1 aromatic heterocycles. The molecule has 1 rings (SSSR count). The van der Waals surface area contributed by atoms with Gasteiger partial charge in [0.25, 0.3) is 0 Å². The third-order valence-electron chi connectivity index (χ3n) is 0.688. The molecule has 0 N–H and O–H groups in total. The molecule has 2 nitrogen and oxygen atoms in total. The highest BCUT2D eigenvalue weighted by Crippen LogP contribution is 1.79. The van der Waals surface area contributed by atoms with Crippen LogP contribution in [0.2, 0.25) is 0 Å². The first-order valence-corrected chi connectivity index (χ1v) is 2.93. The summed E-state index contributed by atoms with van der Waals surface area (Å²) >= 11 is 0. The zero-order valence-corrected chi connectivity index (χ0v) is 5.69. The molecule has 0 saturated heterocycles. The summed E-state index contributed by atoms with van der Waals surface area (Å²) in [6.07, 6.45) is 6.10. The molecule has 0 aromatic carbocycles. The van der Waals surface area contributed by atoms with Crippen LogP contribution in [0.1, 0.15) is 6.42 Å². The topological polar surface area (TPSA) is 30.2 Å². The van der Waals surface area contributed by atoms with E-state index in [0.29, 0.717) is 6.42 Å². The molecule has 0 saturated carbocycles. The van der Waals surface area contributed by atoms with Crippen molar-refractivity contribution in [1.29, 1.82) is 0 Å². The molecule has 0 spiro atoms. The predicted molar refractivity (Wildman–Crippen MR) is 39.6 cm³/mol. The standard InChI is InChI=1S/C4H4O.C4H6O/c1-2-4-5-3-1;1-2-3-4-5/h1-4H;2,4H,1,3H2. The Kier molecular flexibility index (Phi) is 6.68. The molecule has 0 bridgehead atoms. The van der Waals surface area contributed by atoms with E-state index in [9.17, 15) is 4.79 Å². The monoisotopic (exact) mass is 138 g/mol. The van der Waals surface area contributed by atoms with E-state index < -0.39 is 0 Å². The van der Waals surface area contributed by atoms with Crippen molar-refractivity contribution in [3.8, 4) is 0 Å². The largest absolute Gasteiger partial charge is 0.473 e. The van der Waals surface area contributed by atoms with Crippen LogP contribution in [0.4, 0.5) is 0 Å². The first kappa shape index (κ1) is 8.69. The SMILES string of the molecule is C=CCC=O.c1ccoc1. The Morgan fingerprint density at radius 2 is 2.00 bits per heavy atom. The van der Waals surface area contributed by atoms with E-state index in [0.717, 1.165) is 6.29 Å². The fourth-order valence-electron chi connectivity index (χ4n) is 0.295. The lowest BCUT2D eigenvalue weighted by molar-refractivity contribution is -0.107. The highest BCUT2D eigenvalue weighted by molar-refractivity contribution is 5.51. The Balaban J connectivity index is 0.000000162. The Bertz CT molecular complexity index is 131. The minimum Gasteiger partial charge on any atom is -0.473 e. The van der Waals surface area contributed by atoms with Gasteiger partial charge in [-0.2, -0.15) is 0 Å². The molecule has 54 valence electrons. The van der Waals surface area contributed by atoms with Crippen molar-refractivity contribution in [3.63, 3.8) is 0 Å². The summed E-state index contributed by atoms with van der Waals surface area (Å²) in [6, 6.07) is 3.67. The maximum atomic E-state index is 9.33. The van der Waals surface area contributed by atoms with Crippen molar-refractivity contribution in [2.75, 3.05) is 0 Å². The molecule has 0 aliphatic heterocycles. The second-order valence-electron chi connectivity index (χ2n) is 1.48. The fourth-order valence-corrected chi connectivity index (χ4v) is 0.295. The molecule has 1 aromatic rings. The minimum absolute atomic E-state index is 0.472. The molecule has 0 aliphatic carbocycles. The number of aldehydes is 1. The number of hydrogen-bond acceptors (Lipinski definition) is 2. The van der Waals surface area contributed by atoms with Gasteiger partial charge in [-0.05, 0) is 12.1 Å². The highest BCUT2D eigenvalue weighted by Gasteiger charge is 1.59. The molecule has 0 amide bonds. The van der Waals surface area contributed by atoms with E-state index in [-0.39, 0.29) is 0 Å². The van der Waals surface area contributed by atoms with Gasteiger partial charge in [0, 0.05) is 6.42 Å². The third-order valence-corrected chi connectivity index (χ3v) is 0.688. The number of carbonyl (C=O) groups is 1. The number of allylic oxidation sites excluding steroid dienone is 1. The second-order valence-corrected chi connectivity index (χ2v) is 1.48. The molecular weight excluding hydrogens is 128 g/mol. The maximum absolute atomic E-state index is 9.33. The average Bonchev–Trinajstić information content (AvgIpc) is 2.44. The first-order chi connectivity index (χ1) is 4.91. The van der Waals surface area contributed by atoms with E-state index in [1.165, 1.54) is 0 Å². The Hall–Kier alpha value is -1.31. The van der Waals surface area contributed by atoms with Gasteiger partial charge in [-0.15, -0.1) is 6.58 Å². The average molecular weight is 138 g/mol. The zero-order chi connectivity index (χ0) is 7.66. The van der Waals surface area contributed by atoms with Crippen LogP contribution in [-0.4, -0.2) is 6.29 Å². The highest BCUT2D eigenvalue weighted by atomic mass is 16.3. The van der Waals surface area contributed by atoms with Crippen LogP contribution in [0, 0.1) is 0 Å². The van der Waals surface area contributed by atoms with Crippen LogP contribution in [0.3, 0.4) is 0 Å². The van der Waals surface area contributed by atoms with E-state index >= 15 is 0 Å². The third kappa shape index (κ3) is 6.69. The van der Waals surface area contributed by atoms with Crippen LogP contribution in [-0.2, 0) is 4.79 Å².